The Morgan fingerprint density at radius 3 is 2.82 bits per heavy atom. The van der Waals surface area contributed by atoms with Crippen LogP contribution in [0.1, 0.15) is 16.1 Å². The van der Waals surface area contributed by atoms with Crippen molar-refractivity contribution in [3.63, 3.8) is 0 Å². The van der Waals surface area contributed by atoms with Crippen LogP contribution in [-0.4, -0.2) is 25.3 Å². The molecule has 0 saturated carbocycles. The molecule has 0 bridgehead atoms. The fraction of sp³-hybridized carbons (Fsp3) is 0.0714. The molecule has 7 nitrogen and oxygen atoms in total. The first-order valence-corrected chi connectivity index (χ1v) is 6.45. The lowest BCUT2D eigenvalue weighted by atomic mass is 10.1. The van der Waals surface area contributed by atoms with Gasteiger partial charge >= 0.3 is 12.0 Å². The number of nitrogens with one attached hydrogen (secondary N) is 1. The zero-order valence-corrected chi connectivity index (χ0v) is 12.3. The van der Waals surface area contributed by atoms with Crippen molar-refractivity contribution in [3.05, 3.63) is 46.7 Å². The van der Waals surface area contributed by atoms with Crippen molar-refractivity contribution in [1.29, 1.82) is 0 Å². The van der Waals surface area contributed by atoms with Crippen molar-refractivity contribution in [1.82, 2.24) is 5.43 Å². The minimum absolute atomic E-state index is 0.351. The Labute approximate surface area is 130 Å². The van der Waals surface area contributed by atoms with E-state index in [2.05, 4.69) is 9.84 Å². The van der Waals surface area contributed by atoms with Gasteiger partial charge in [-0.3, -0.25) is 0 Å². The number of hydrogen-bond acceptors (Lipinski definition) is 5. The van der Waals surface area contributed by atoms with Gasteiger partial charge < -0.3 is 14.9 Å². The second-order valence-corrected chi connectivity index (χ2v) is 4.53. The van der Waals surface area contributed by atoms with Gasteiger partial charge in [-0.1, -0.05) is 11.6 Å². The molecule has 0 saturated heterocycles. The molecule has 2 aromatic rings. The van der Waals surface area contributed by atoms with Crippen LogP contribution < -0.4 is 11.2 Å². The second-order valence-electron chi connectivity index (χ2n) is 4.12. The number of amides is 2. The van der Waals surface area contributed by atoms with Crippen LogP contribution in [0.5, 0.6) is 0 Å². The number of furan rings is 1. The number of esters is 1. The molecule has 0 atom stereocenters. The Bertz CT molecular complexity index is 739. The predicted octanol–water partition coefficient (Wildman–Crippen LogP) is 2.39. The van der Waals surface area contributed by atoms with Crippen molar-refractivity contribution < 1.29 is 18.7 Å². The molecule has 114 valence electrons. The van der Waals surface area contributed by atoms with E-state index in [1.807, 2.05) is 5.43 Å². The number of methoxy groups -OCH3 is 1. The molecule has 0 spiro atoms. The van der Waals surface area contributed by atoms with Crippen molar-refractivity contribution in [2.45, 2.75) is 0 Å². The van der Waals surface area contributed by atoms with Gasteiger partial charge in [0.05, 0.1) is 23.9 Å². The van der Waals surface area contributed by atoms with Gasteiger partial charge in [-0.05, 0) is 30.3 Å². The topological polar surface area (TPSA) is 107 Å². The smallest absolute Gasteiger partial charge is 0.337 e. The maximum Gasteiger partial charge on any atom is 0.337 e. The molecule has 0 aliphatic heterocycles. The van der Waals surface area contributed by atoms with Crippen molar-refractivity contribution >= 4 is 29.8 Å². The van der Waals surface area contributed by atoms with Crippen LogP contribution in [-0.2, 0) is 4.74 Å². The third-order valence-electron chi connectivity index (χ3n) is 2.65. The number of hydrogen-bond donors (Lipinski definition) is 2. The fourth-order valence-electron chi connectivity index (χ4n) is 1.69. The average Bonchev–Trinajstić information content (AvgIpc) is 2.95. The highest BCUT2D eigenvalue weighted by molar-refractivity contribution is 6.33. The minimum Gasteiger partial charge on any atom is -0.465 e. The summed E-state index contributed by atoms with van der Waals surface area (Å²) in [4.78, 5) is 22.0. The van der Waals surface area contributed by atoms with Gasteiger partial charge in [0.25, 0.3) is 0 Å². The van der Waals surface area contributed by atoms with Crippen molar-refractivity contribution in [3.8, 4) is 11.3 Å². The number of nitrogens with two attached hydrogens (primary N) is 1. The largest absolute Gasteiger partial charge is 0.465 e. The quantitative estimate of drug-likeness (QED) is 0.512. The summed E-state index contributed by atoms with van der Waals surface area (Å²) in [5.41, 5.74) is 7.81. The maximum atomic E-state index is 11.5. The van der Waals surface area contributed by atoms with E-state index in [-0.39, 0.29) is 0 Å². The number of hydrazone groups is 1. The predicted molar refractivity (Wildman–Crippen MR) is 80.8 cm³/mol. The molecule has 2 amide bonds. The Morgan fingerprint density at radius 2 is 2.14 bits per heavy atom. The molecule has 1 aromatic carbocycles. The average molecular weight is 322 g/mol. The van der Waals surface area contributed by atoms with Crippen LogP contribution in [0.15, 0.2) is 39.9 Å². The van der Waals surface area contributed by atoms with E-state index >= 15 is 0 Å². The van der Waals surface area contributed by atoms with Crippen molar-refractivity contribution in [2.75, 3.05) is 7.11 Å². The van der Waals surface area contributed by atoms with E-state index in [0.717, 1.165) is 0 Å². The van der Waals surface area contributed by atoms with Gasteiger partial charge in [-0.2, -0.15) is 5.10 Å². The molecule has 0 radical (unpaired) electrons. The molecular weight excluding hydrogens is 310 g/mol. The lowest BCUT2D eigenvalue weighted by molar-refractivity contribution is 0.0601. The van der Waals surface area contributed by atoms with Crippen LogP contribution in [0.25, 0.3) is 11.3 Å². The summed E-state index contributed by atoms with van der Waals surface area (Å²) in [5.74, 6) is 0.344. The lowest BCUT2D eigenvalue weighted by Gasteiger charge is -2.04. The SMILES string of the molecule is COC(=O)c1ccc(Cl)c(-c2ccc(/C=N/NC(N)=O)o2)c1. The lowest BCUT2D eigenvalue weighted by Crippen LogP contribution is -2.24. The highest BCUT2D eigenvalue weighted by atomic mass is 35.5. The van der Waals surface area contributed by atoms with E-state index in [0.29, 0.717) is 27.7 Å². The second kappa shape index (κ2) is 6.77. The summed E-state index contributed by atoms with van der Waals surface area (Å²) in [6, 6.07) is 7.21. The first kappa shape index (κ1) is 15.6. The van der Waals surface area contributed by atoms with E-state index in [9.17, 15) is 9.59 Å². The van der Waals surface area contributed by atoms with Crippen LogP contribution in [0.2, 0.25) is 5.02 Å². The molecule has 2 rings (SSSR count). The summed E-state index contributed by atoms with van der Waals surface area (Å²) < 4.78 is 10.2. The number of nitrogens with zero attached hydrogens (tertiary/aromatic N) is 1. The van der Waals surface area contributed by atoms with Gasteiger partial charge in [-0.25, -0.2) is 15.0 Å². The van der Waals surface area contributed by atoms with E-state index < -0.39 is 12.0 Å². The van der Waals surface area contributed by atoms with E-state index in [1.54, 1.807) is 30.3 Å². The van der Waals surface area contributed by atoms with E-state index in [4.69, 9.17) is 21.8 Å². The number of rotatable bonds is 4. The number of benzene rings is 1. The number of urea groups is 1. The normalized spacial score (nSPS) is 10.6. The van der Waals surface area contributed by atoms with Crippen LogP contribution >= 0.6 is 11.6 Å². The molecule has 1 heterocycles. The summed E-state index contributed by atoms with van der Waals surface area (Å²) in [6.07, 6.45) is 1.28. The number of carbonyl (C=O) groups is 2. The van der Waals surface area contributed by atoms with Crippen LogP contribution in [0.4, 0.5) is 4.79 Å². The fourth-order valence-corrected chi connectivity index (χ4v) is 1.90. The van der Waals surface area contributed by atoms with Crippen LogP contribution in [0.3, 0.4) is 0 Å². The third-order valence-corrected chi connectivity index (χ3v) is 2.98. The van der Waals surface area contributed by atoms with Crippen molar-refractivity contribution in [2.24, 2.45) is 10.8 Å². The molecule has 3 N–H and O–H groups in total. The monoisotopic (exact) mass is 321 g/mol. The summed E-state index contributed by atoms with van der Waals surface area (Å²) in [6.45, 7) is 0. The minimum atomic E-state index is -0.781. The molecule has 1 aromatic heterocycles. The van der Waals surface area contributed by atoms with Gasteiger partial charge in [0.2, 0.25) is 0 Å². The Kier molecular flexibility index (Phi) is 4.80. The van der Waals surface area contributed by atoms with Gasteiger partial charge in [0.15, 0.2) is 0 Å². The van der Waals surface area contributed by atoms with Gasteiger partial charge in [0.1, 0.15) is 11.5 Å². The van der Waals surface area contributed by atoms with E-state index in [1.165, 1.54) is 13.3 Å². The Hall–Kier alpha value is -2.80. The molecule has 22 heavy (non-hydrogen) atoms. The summed E-state index contributed by atoms with van der Waals surface area (Å²) in [7, 11) is 1.30. The maximum absolute atomic E-state index is 11.5. The van der Waals surface area contributed by atoms with Gasteiger partial charge in [0, 0.05) is 5.56 Å². The standard InChI is InChI=1S/C14H12ClN3O4/c1-21-13(19)8-2-4-11(15)10(6-8)12-5-3-9(22-12)7-17-18-14(16)20/h2-7H,1H3,(H3,16,18,20)/b17-7+. The number of primary amides is 1. The molecule has 0 fully saturated rings. The first-order chi connectivity index (χ1) is 10.5. The molecular formula is C14H12ClN3O4. The zero-order chi connectivity index (χ0) is 16.1. The number of carbonyl (C=O) groups excluding carboxylic acids is 2. The number of ether oxygens (including phenoxy) is 1. The highest BCUT2D eigenvalue weighted by Crippen LogP contribution is 2.30. The molecule has 0 aliphatic rings. The molecule has 0 aliphatic carbocycles. The molecule has 0 unspecified atom stereocenters. The number of halogens is 1. The van der Waals surface area contributed by atoms with Crippen LogP contribution in [0, 0.1) is 0 Å². The summed E-state index contributed by atoms with van der Waals surface area (Å²) >= 11 is 6.11. The zero-order valence-electron chi connectivity index (χ0n) is 11.5. The first-order valence-electron chi connectivity index (χ1n) is 6.08. The Balaban J connectivity index is 2.28. The Morgan fingerprint density at radius 1 is 1.36 bits per heavy atom. The summed E-state index contributed by atoms with van der Waals surface area (Å²) in [5, 5.41) is 4.00. The highest BCUT2D eigenvalue weighted by Gasteiger charge is 2.13. The molecule has 8 heteroatoms. The third kappa shape index (κ3) is 3.64. The van der Waals surface area contributed by atoms with Gasteiger partial charge in [-0.15, -0.1) is 0 Å².